The predicted molar refractivity (Wildman–Crippen MR) is 68.0 cm³/mol. The maximum absolute atomic E-state index is 9.52. The van der Waals surface area contributed by atoms with Crippen LogP contribution < -0.4 is 4.74 Å². The molecule has 2 rings (SSSR count). The largest absolute Gasteiger partial charge is 0.504 e. The van der Waals surface area contributed by atoms with Gasteiger partial charge in [0, 0.05) is 18.6 Å². The molecule has 0 saturated heterocycles. The molecule has 1 heterocycles. The highest BCUT2D eigenvalue weighted by Crippen LogP contribution is 2.30. The number of aromatic hydroxyl groups is 1. The van der Waals surface area contributed by atoms with Crippen LogP contribution in [0.15, 0.2) is 22.7 Å². The Morgan fingerprint density at radius 1 is 1.32 bits per heavy atom. The Balaban J connectivity index is 2.13. The van der Waals surface area contributed by atoms with Crippen molar-refractivity contribution in [2.24, 2.45) is 0 Å². The first-order chi connectivity index (χ1) is 9.24. The molecule has 0 amide bonds. The Labute approximate surface area is 110 Å². The number of rotatable bonds is 6. The van der Waals surface area contributed by atoms with Gasteiger partial charge in [-0.2, -0.15) is 4.98 Å². The summed E-state index contributed by atoms with van der Waals surface area (Å²) in [4.78, 5) is 4.26. The molecule has 6 heteroatoms. The Kier molecular flexibility index (Phi) is 4.35. The van der Waals surface area contributed by atoms with Crippen LogP contribution in [0.3, 0.4) is 0 Å². The van der Waals surface area contributed by atoms with Crippen LogP contribution in [-0.4, -0.2) is 34.1 Å². The van der Waals surface area contributed by atoms with Gasteiger partial charge in [-0.15, -0.1) is 0 Å². The molecule has 1 aromatic heterocycles. The van der Waals surface area contributed by atoms with Crippen LogP contribution in [0.4, 0.5) is 0 Å². The summed E-state index contributed by atoms with van der Waals surface area (Å²) >= 11 is 0. The number of benzene rings is 1. The van der Waals surface area contributed by atoms with E-state index in [-0.39, 0.29) is 12.4 Å². The molecule has 2 aromatic rings. The summed E-state index contributed by atoms with van der Waals surface area (Å²) in [5, 5.41) is 22.1. The maximum Gasteiger partial charge on any atom is 0.226 e. The highest BCUT2D eigenvalue weighted by molar-refractivity contribution is 5.60. The van der Waals surface area contributed by atoms with E-state index >= 15 is 0 Å². The first-order valence-corrected chi connectivity index (χ1v) is 6.05. The minimum atomic E-state index is 0.0675. The molecule has 0 radical (unpaired) electrons. The predicted octanol–water partition coefficient (Wildman–Crippen LogP) is 1.77. The number of aromatic nitrogens is 2. The monoisotopic (exact) mass is 264 g/mol. The summed E-state index contributed by atoms with van der Waals surface area (Å²) in [6, 6.07) is 4.87. The van der Waals surface area contributed by atoms with Crippen LogP contribution in [0, 0.1) is 0 Å². The molecule has 0 spiro atoms. The van der Waals surface area contributed by atoms with Crippen LogP contribution in [0.25, 0.3) is 11.4 Å². The van der Waals surface area contributed by atoms with Gasteiger partial charge in [-0.3, -0.25) is 0 Å². The zero-order valence-corrected chi connectivity index (χ0v) is 10.7. The van der Waals surface area contributed by atoms with Gasteiger partial charge in [0.05, 0.1) is 7.11 Å². The summed E-state index contributed by atoms with van der Waals surface area (Å²) in [6.45, 7) is 0.163. The second-order valence-electron chi connectivity index (χ2n) is 4.08. The number of aliphatic hydroxyl groups excluding tert-OH is 1. The lowest BCUT2D eigenvalue weighted by Gasteiger charge is -2.03. The zero-order chi connectivity index (χ0) is 13.7. The van der Waals surface area contributed by atoms with E-state index in [2.05, 4.69) is 10.1 Å². The molecule has 0 fully saturated rings. The third-order valence-electron chi connectivity index (χ3n) is 2.70. The zero-order valence-electron chi connectivity index (χ0n) is 10.7. The molecule has 1 aromatic carbocycles. The van der Waals surface area contributed by atoms with Gasteiger partial charge in [0.15, 0.2) is 11.5 Å². The van der Waals surface area contributed by atoms with E-state index in [1.54, 1.807) is 12.1 Å². The lowest BCUT2D eigenvalue weighted by molar-refractivity contribution is 0.281. The molecule has 0 aliphatic carbocycles. The molecule has 0 aliphatic rings. The molecule has 0 saturated carbocycles. The molecule has 0 aliphatic heterocycles. The van der Waals surface area contributed by atoms with Crippen molar-refractivity contribution in [2.45, 2.75) is 19.3 Å². The van der Waals surface area contributed by atoms with E-state index in [1.165, 1.54) is 13.2 Å². The van der Waals surface area contributed by atoms with Crippen LogP contribution in [0.1, 0.15) is 18.7 Å². The van der Waals surface area contributed by atoms with Gasteiger partial charge < -0.3 is 19.5 Å². The van der Waals surface area contributed by atoms with Crippen molar-refractivity contribution >= 4 is 0 Å². The van der Waals surface area contributed by atoms with Gasteiger partial charge >= 0.3 is 0 Å². The van der Waals surface area contributed by atoms with E-state index in [1.807, 2.05) is 0 Å². The summed E-state index contributed by atoms with van der Waals surface area (Å²) in [5.74, 6) is 1.43. The topological polar surface area (TPSA) is 88.6 Å². The summed E-state index contributed by atoms with van der Waals surface area (Å²) < 4.78 is 10.2. The van der Waals surface area contributed by atoms with Crippen molar-refractivity contribution in [3.63, 3.8) is 0 Å². The Morgan fingerprint density at radius 3 is 2.89 bits per heavy atom. The first-order valence-electron chi connectivity index (χ1n) is 6.05. The molecular weight excluding hydrogens is 248 g/mol. The fourth-order valence-corrected chi connectivity index (χ4v) is 1.68. The number of aryl methyl sites for hydroxylation is 1. The second kappa shape index (κ2) is 6.19. The quantitative estimate of drug-likeness (QED) is 0.773. The normalized spacial score (nSPS) is 10.6. The van der Waals surface area contributed by atoms with Gasteiger partial charge in [-0.1, -0.05) is 5.16 Å². The minimum Gasteiger partial charge on any atom is -0.504 e. The molecular formula is C13H16N2O4. The molecule has 0 bridgehead atoms. The standard InChI is InChI=1S/C13H16N2O4/c1-18-11-8-9(5-6-10(11)17)13-14-12(19-15-13)4-2-3-7-16/h5-6,8,16-17H,2-4,7H2,1H3. The highest BCUT2D eigenvalue weighted by atomic mass is 16.5. The van der Waals surface area contributed by atoms with Crippen LogP contribution >= 0.6 is 0 Å². The van der Waals surface area contributed by atoms with E-state index in [9.17, 15) is 5.11 Å². The SMILES string of the molecule is COc1cc(-c2noc(CCCCO)n2)ccc1O. The molecule has 0 atom stereocenters. The van der Waals surface area contributed by atoms with Gasteiger partial charge in [0.25, 0.3) is 0 Å². The lowest BCUT2D eigenvalue weighted by Crippen LogP contribution is -1.89. The second-order valence-corrected chi connectivity index (χ2v) is 4.08. The fourth-order valence-electron chi connectivity index (χ4n) is 1.68. The van der Waals surface area contributed by atoms with E-state index < -0.39 is 0 Å². The molecule has 19 heavy (non-hydrogen) atoms. The summed E-state index contributed by atoms with van der Waals surface area (Å²) in [7, 11) is 1.48. The van der Waals surface area contributed by atoms with E-state index in [0.717, 1.165) is 6.42 Å². The number of aliphatic hydroxyl groups is 1. The summed E-state index contributed by atoms with van der Waals surface area (Å²) in [6.07, 6.45) is 2.16. The molecule has 2 N–H and O–H groups in total. The molecule has 102 valence electrons. The number of hydrogen-bond acceptors (Lipinski definition) is 6. The lowest BCUT2D eigenvalue weighted by atomic mass is 10.2. The third kappa shape index (κ3) is 3.23. The molecule has 0 unspecified atom stereocenters. The van der Waals surface area contributed by atoms with Crippen LogP contribution in [-0.2, 0) is 6.42 Å². The average Bonchev–Trinajstić information content (AvgIpc) is 2.88. The fraction of sp³-hybridized carbons (Fsp3) is 0.385. The number of nitrogens with zero attached hydrogens (tertiary/aromatic N) is 2. The van der Waals surface area contributed by atoms with E-state index in [4.69, 9.17) is 14.4 Å². The summed E-state index contributed by atoms with van der Waals surface area (Å²) in [5.41, 5.74) is 0.715. The Hall–Kier alpha value is -2.08. The first kappa shape index (κ1) is 13.4. The Bertz CT molecular complexity index is 539. The van der Waals surface area contributed by atoms with E-state index in [0.29, 0.717) is 35.9 Å². The van der Waals surface area contributed by atoms with Crippen molar-refractivity contribution < 1.29 is 19.5 Å². The van der Waals surface area contributed by atoms with Crippen molar-refractivity contribution in [1.29, 1.82) is 0 Å². The average molecular weight is 264 g/mol. The van der Waals surface area contributed by atoms with Gasteiger partial charge in [0.2, 0.25) is 11.7 Å². The van der Waals surface area contributed by atoms with Gasteiger partial charge in [-0.05, 0) is 31.0 Å². The smallest absolute Gasteiger partial charge is 0.226 e. The van der Waals surface area contributed by atoms with Crippen molar-refractivity contribution in [3.05, 3.63) is 24.1 Å². The number of methoxy groups -OCH3 is 1. The van der Waals surface area contributed by atoms with Crippen molar-refractivity contribution in [2.75, 3.05) is 13.7 Å². The highest BCUT2D eigenvalue weighted by Gasteiger charge is 2.11. The number of phenolic OH excluding ortho intramolecular Hbond substituents is 1. The third-order valence-corrected chi connectivity index (χ3v) is 2.70. The van der Waals surface area contributed by atoms with Crippen LogP contribution in [0.2, 0.25) is 0 Å². The minimum absolute atomic E-state index is 0.0675. The van der Waals surface area contributed by atoms with Crippen molar-refractivity contribution in [1.82, 2.24) is 10.1 Å². The van der Waals surface area contributed by atoms with Crippen LogP contribution in [0.5, 0.6) is 11.5 Å². The van der Waals surface area contributed by atoms with Crippen molar-refractivity contribution in [3.8, 4) is 22.9 Å². The number of phenols is 1. The number of ether oxygens (including phenoxy) is 1. The Morgan fingerprint density at radius 2 is 2.16 bits per heavy atom. The molecule has 6 nitrogen and oxygen atoms in total. The van der Waals surface area contributed by atoms with Gasteiger partial charge in [0.1, 0.15) is 0 Å². The number of hydrogen-bond donors (Lipinski definition) is 2. The maximum atomic E-state index is 9.52. The van der Waals surface area contributed by atoms with Gasteiger partial charge in [-0.25, -0.2) is 0 Å². The number of unbranched alkanes of at least 4 members (excludes halogenated alkanes) is 1.